The minimum atomic E-state index is 0.382. The van der Waals surface area contributed by atoms with Crippen LogP contribution in [-0.2, 0) is 0 Å². The predicted molar refractivity (Wildman–Crippen MR) is 75.9 cm³/mol. The van der Waals surface area contributed by atoms with Crippen LogP contribution >= 0.6 is 11.6 Å². The fraction of sp³-hybridized carbons (Fsp3) is 0.571. The molecule has 0 radical (unpaired) electrons. The molecule has 0 atom stereocenters. The summed E-state index contributed by atoms with van der Waals surface area (Å²) in [4.78, 5) is 6.50. The first-order valence-electron chi connectivity index (χ1n) is 6.47. The molecule has 18 heavy (non-hydrogen) atoms. The van der Waals surface area contributed by atoms with Crippen molar-refractivity contribution in [3.8, 4) is 6.07 Å². The average molecular weight is 266 g/mol. The summed E-state index contributed by atoms with van der Waals surface area (Å²) in [6.45, 7) is 8.33. The summed E-state index contributed by atoms with van der Waals surface area (Å²) in [5.74, 6) is 1.45. The summed E-state index contributed by atoms with van der Waals surface area (Å²) < 4.78 is 0. The molecule has 1 rings (SSSR count). The van der Waals surface area contributed by atoms with Gasteiger partial charge in [-0.1, -0.05) is 38.3 Å². The number of hydrogen-bond acceptors (Lipinski definition) is 3. The lowest BCUT2D eigenvalue weighted by Crippen LogP contribution is -2.29. The Balaban J connectivity index is 2.94. The fourth-order valence-electron chi connectivity index (χ4n) is 1.95. The molecule has 0 saturated heterocycles. The largest absolute Gasteiger partial charge is 0.357 e. The van der Waals surface area contributed by atoms with E-state index in [2.05, 4.69) is 36.7 Å². The van der Waals surface area contributed by atoms with Crippen LogP contribution in [-0.4, -0.2) is 18.1 Å². The first-order valence-corrected chi connectivity index (χ1v) is 6.84. The Morgan fingerprint density at radius 3 is 2.50 bits per heavy atom. The van der Waals surface area contributed by atoms with E-state index < -0.39 is 0 Å². The van der Waals surface area contributed by atoms with E-state index in [0.717, 1.165) is 31.7 Å². The number of nitrogens with zero attached hydrogens (tertiary/aromatic N) is 3. The van der Waals surface area contributed by atoms with E-state index in [1.54, 1.807) is 12.1 Å². The van der Waals surface area contributed by atoms with Gasteiger partial charge >= 0.3 is 0 Å². The van der Waals surface area contributed by atoms with Gasteiger partial charge in [0.1, 0.15) is 11.0 Å². The third kappa shape index (κ3) is 3.89. The number of hydrogen-bond donors (Lipinski definition) is 0. The van der Waals surface area contributed by atoms with Gasteiger partial charge in [-0.15, -0.1) is 0 Å². The molecule has 1 aromatic heterocycles. The lowest BCUT2D eigenvalue weighted by Gasteiger charge is -2.26. The monoisotopic (exact) mass is 265 g/mol. The van der Waals surface area contributed by atoms with Crippen molar-refractivity contribution in [2.24, 2.45) is 5.92 Å². The molecule has 0 unspecified atom stereocenters. The van der Waals surface area contributed by atoms with E-state index >= 15 is 0 Å². The van der Waals surface area contributed by atoms with Crippen LogP contribution < -0.4 is 4.90 Å². The summed E-state index contributed by atoms with van der Waals surface area (Å²) >= 11 is 5.95. The minimum Gasteiger partial charge on any atom is -0.357 e. The zero-order valence-electron chi connectivity index (χ0n) is 11.3. The quantitative estimate of drug-likeness (QED) is 0.733. The number of aromatic nitrogens is 1. The van der Waals surface area contributed by atoms with Gasteiger partial charge in [-0.25, -0.2) is 4.98 Å². The zero-order valence-corrected chi connectivity index (χ0v) is 12.0. The minimum absolute atomic E-state index is 0.382. The molecule has 0 fully saturated rings. The Morgan fingerprint density at radius 2 is 2.00 bits per heavy atom. The number of halogens is 1. The molecular weight excluding hydrogens is 246 g/mol. The van der Waals surface area contributed by atoms with Crippen LogP contribution in [0.4, 0.5) is 5.82 Å². The maximum absolute atomic E-state index is 8.96. The van der Waals surface area contributed by atoms with E-state index in [1.165, 1.54) is 0 Å². The second-order valence-corrected chi connectivity index (χ2v) is 4.76. The van der Waals surface area contributed by atoms with Crippen molar-refractivity contribution < 1.29 is 0 Å². The van der Waals surface area contributed by atoms with Gasteiger partial charge in [0.25, 0.3) is 0 Å². The second kappa shape index (κ2) is 7.23. The second-order valence-electron chi connectivity index (χ2n) is 4.37. The predicted octanol–water partition coefficient (Wildman–Crippen LogP) is 3.87. The molecule has 0 saturated carbocycles. The van der Waals surface area contributed by atoms with E-state index in [1.807, 2.05) is 0 Å². The smallest absolute Gasteiger partial charge is 0.132 e. The van der Waals surface area contributed by atoms with Crippen LogP contribution in [0.5, 0.6) is 0 Å². The summed E-state index contributed by atoms with van der Waals surface area (Å²) in [5, 5.41) is 9.34. The van der Waals surface area contributed by atoms with Crippen molar-refractivity contribution in [2.75, 3.05) is 18.0 Å². The SMILES string of the molecule is CCC(CC)CN(CC)c1cc(C#N)cc(Cl)n1. The Morgan fingerprint density at radius 1 is 1.33 bits per heavy atom. The van der Waals surface area contributed by atoms with E-state index in [0.29, 0.717) is 16.6 Å². The molecule has 3 nitrogen and oxygen atoms in total. The summed E-state index contributed by atoms with van der Waals surface area (Å²) in [6, 6.07) is 5.51. The zero-order chi connectivity index (χ0) is 13.5. The van der Waals surface area contributed by atoms with Crippen molar-refractivity contribution in [2.45, 2.75) is 33.6 Å². The van der Waals surface area contributed by atoms with E-state index in [4.69, 9.17) is 16.9 Å². The standard InChI is InChI=1S/C14H20ClN3/c1-4-11(5-2)10-18(6-3)14-8-12(9-16)7-13(15)17-14/h7-8,11H,4-6,10H2,1-3H3. The summed E-state index contributed by atoms with van der Waals surface area (Å²) in [6.07, 6.45) is 2.30. The molecular formula is C14H20ClN3. The van der Waals surface area contributed by atoms with Crippen LogP contribution in [0, 0.1) is 17.2 Å². The molecule has 0 spiro atoms. The van der Waals surface area contributed by atoms with Gasteiger partial charge in [0.05, 0.1) is 11.6 Å². The van der Waals surface area contributed by atoms with Crippen molar-refractivity contribution in [1.82, 2.24) is 4.98 Å². The molecule has 0 bridgehead atoms. The Hall–Kier alpha value is -1.27. The molecule has 0 aliphatic heterocycles. The van der Waals surface area contributed by atoms with Crippen LogP contribution in [0.1, 0.15) is 39.2 Å². The van der Waals surface area contributed by atoms with Gasteiger partial charge in [-0.2, -0.15) is 5.26 Å². The Bertz CT molecular complexity index is 422. The molecule has 1 heterocycles. The number of rotatable bonds is 6. The van der Waals surface area contributed by atoms with Gasteiger partial charge in [0, 0.05) is 13.1 Å². The van der Waals surface area contributed by atoms with Gasteiger partial charge < -0.3 is 4.90 Å². The van der Waals surface area contributed by atoms with E-state index in [-0.39, 0.29) is 0 Å². The van der Waals surface area contributed by atoms with Gasteiger partial charge in [-0.3, -0.25) is 0 Å². The third-order valence-corrected chi connectivity index (χ3v) is 3.44. The molecule has 4 heteroatoms. The van der Waals surface area contributed by atoms with Crippen molar-refractivity contribution in [1.29, 1.82) is 5.26 Å². The van der Waals surface area contributed by atoms with Gasteiger partial charge in [0.15, 0.2) is 0 Å². The maximum Gasteiger partial charge on any atom is 0.132 e. The highest BCUT2D eigenvalue weighted by Crippen LogP contribution is 2.20. The molecule has 0 aliphatic rings. The van der Waals surface area contributed by atoms with Gasteiger partial charge in [0.2, 0.25) is 0 Å². The number of nitriles is 1. The first kappa shape index (κ1) is 14.8. The number of anilines is 1. The van der Waals surface area contributed by atoms with Crippen molar-refractivity contribution >= 4 is 17.4 Å². The van der Waals surface area contributed by atoms with Crippen LogP contribution in [0.3, 0.4) is 0 Å². The topological polar surface area (TPSA) is 39.9 Å². The molecule has 0 aliphatic carbocycles. The molecule has 0 aromatic carbocycles. The highest BCUT2D eigenvalue weighted by atomic mass is 35.5. The Labute approximate surface area is 114 Å². The molecule has 0 N–H and O–H groups in total. The van der Waals surface area contributed by atoms with Gasteiger partial charge in [-0.05, 0) is 25.0 Å². The normalized spacial score (nSPS) is 10.4. The van der Waals surface area contributed by atoms with Crippen molar-refractivity contribution in [3.63, 3.8) is 0 Å². The van der Waals surface area contributed by atoms with Crippen molar-refractivity contribution in [3.05, 3.63) is 22.8 Å². The summed E-state index contributed by atoms with van der Waals surface area (Å²) in [5.41, 5.74) is 0.563. The van der Waals surface area contributed by atoms with Crippen LogP contribution in [0.2, 0.25) is 5.15 Å². The Kier molecular flexibility index (Phi) is 5.94. The van der Waals surface area contributed by atoms with Crippen LogP contribution in [0.25, 0.3) is 0 Å². The lowest BCUT2D eigenvalue weighted by atomic mass is 10.0. The number of pyridine rings is 1. The molecule has 0 amide bonds. The third-order valence-electron chi connectivity index (χ3n) is 3.25. The molecule has 1 aromatic rings. The van der Waals surface area contributed by atoms with Crippen LogP contribution in [0.15, 0.2) is 12.1 Å². The summed E-state index contributed by atoms with van der Waals surface area (Å²) in [7, 11) is 0. The highest BCUT2D eigenvalue weighted by Gasteiger charge is 2.13. The first-order chi connectivity index (χ1) is 8.64. The highest BCUT2D eigenvalue weighted by molar-refractivity contribution is 6.29. The fourth-order valence-corrected chi connectivity index (χ4v) is 2.16. The lowest BCUT2D eigenvalue weighted by molar-refractivity contribution is 0.484. The maximum atomic E-state index is 8.96. The van der Waals surface area contributed by atoms with E-state index in [9.17, 15) is 0 Å². The average Bonchev–Trinajstić information content (AvgIpc) is 2.39. The molecule has 98 valence electrons.